The Morgan fingerprint density at radius 2 is 1.05 bits per heavy atom. The van der Waals surface area contributed by atoms with Crippen molar-refractivity contribution in [2.24, 2.45) is 0 Å². The summed E-state index contributed by atoms with van der Waals surface area (Å²) in [5.41, 5.74) is 3.56. The van der Waals surface area contributed by atoms with Crippen LogP contribution in [-0.2, 0) is 0 Å². The lowest BCUT2D eigenvalue weighted by atomic mass is 10.3. The molecule has 0 bridgehead atoms. The van der Waals surface area contributed by atoms with Gasteiger partial charge in [-0.25, -0.2) is 19.6 Å². The second-order valence-corrected chi connectivity index (χ2v) is 9.56. The zero-order valence-corrected chi connectivity index (χ0v) is 22.5. The summed E-state index contributed by atoms with van der Waals surface area (Å²) in [5, 5.41) is 11.5. The van der Waals surface area contributed by atoms with E-state index in [1.54, 1.807) is 84.9 Å². The van der Waals surface area contributed by atoms with Gasteiger partial charge in [0.1, 0.15) is 11.5 Å². The van der Waals surface area contributed by atoms with Crippen molar-refractivity contribution in [1.29, 1.82) is 0 Å². The summed E-state index contributed by atoms with van der Waals surface area (Å²) in [4.78, 5) is 39.7. The first-order chi connectivity index (χ1) is 19.9. The standard InChI is InChI=1S/C28H20Cl2N8O3/c29-17-5-1-3-7-19(17)35-27(39)37-25-31-21-11-9-15(13-23(21)33-25)41-16-10-12-22-24(14-16)34-26(32-22)38-28(40)36-20-8-4-2-6-18(20)30/h1-14H,(H3,31,33,35,37,39)(H3,32,34,36,38,40). The van der Waals surface area contributed by atoms with Crippen LogP contribution in [0.25, 0.3) is 22.1 Å². The molecule has 41 heavy (non-hydrogen) atoms. The second-order valence-electron chi connectivity index (χ2n) is 8.75. The number of nitrogens with zero attached hydrogens (tertiary/aromatic N) is 2. The Morgan fingerprint density at radius 3 is 1.49 bits per heavy atom. The largest absolute Gasteiger partial charge is 0.457 e. The number of fused-ring (bicyclic) bond motifs is 2. The van der Waals surface area contributed by atoms with Crippen LogP contribution in [0.2, 0.25) is 10.0 Å². The fourth-order valence-corrected chi connectivity index (χ4v) is 4.37. The van der Waals surface area contributed by atoms with Gasteiger partial charge >= 0.3 is 12.1 Å². The molecule has 0 aliphatic carbocycles. The highest BCUT2D eigenvalue weighted by atomic mass is 35.5. The van der Waals surface area contributed by atoms with Crippen LogP contribution in [-0.4, -0.2) is 32.0 Å². The van der Waals surface area contributed by atoms with E-state index in [2.05, 4.69) is 41.2 Å². The van der Waals surface area contributed by atoms with Gasteiger partial charge in [-0.05, 0) is 48.5 Å². The molecule has 0 fully saturated rings. The number of imidazole rings is 2. The lowest BCUT2D eigenvalue weighted by Crippen LogP contribution is -2.20. The topological polar surface area (TPSA) is 149 Å². The minimum Gasteiger partial charge on any atom is -0.457 e. The van der Waals surface area contributed by atoms with Gasteiger partial charge in [-0.2, -0.15) is 0 Å². The van der Waals surface area contributed by atoms with Gasteiger partial charge in [-0.3, -0.25) is 10.6 Å². The molecule has 4 amide bonds. The smallest absolute Gasteiger partial charge is 0.326 e. The quantitative estimate of drug-likeness (QED) is 0.117. The Hall–Kier alpha value is -5.26. The summed E-state index contributed by atoms with van der Waals surface area (Å²) in [6.45, 7) is 0. The van der Waals surface area contributed by atoms with Gasteiger partial charge in [-0.15, -0.1) is 0 Å². The molecule has 13 heteroatoms. The van der Waals surface area contributed by atoms with Crippen molar-refractivity contribution in [2.45, 2.75) is 0 Å². The molecule has 204 valence electrons. The van der Waals surface area contributed by atoms with E-state index < -0.39 is 12.1 Å². The highest BCUT2D eigenvalue weighted by Crippen LogP contribution is 2.28. The highest BCUT2D eigenvalue weighted by Gasteiger charge is 2.12. The maximum absolute atomic E-state index is 12.4. The number of halogens is 2. The number of H-pyrrole nitrogens is 2. The molecule has 0 unspecified atom stereocenters. The van der Waals surface area contributed by atoms with Crippen molar-refractivity contribution in [3.63, 3.8) is 0 Å². The molecule has 2 heterocycles. The number of carbonyl (C=O) groups is 2. The predicted octanol–water partition coefficient (Wildman–Crippen LogP) is 7.83. The molecule has 6 N–H and O–H groups in total. The van der Waals surface area contributed by atoms with E-state index in [0.29, 0.717) is 55.0 Å². The summed E-state index contributed by atoms with van der Waals surface area (Å²) in [6.07, 6.45) is 0. The third-order valence-corrected chi connectivity index (χ3v) is 6.51. The number of aromatic nitrogens is 4. The first kappa shape index (κ1) is 26.0. The van der Waals surface area contributed by atoms with Crippen molar-refractivity contribution < 1.29 is 14.3 Å². The SMILES string of the molecule is O=C(Nc1nc2cc(Oc3ccc4[nH]c(NC(=O)Nc5ccccc5Cl)nc4c3)ccc2[nH]1)Nc1ccccc1Cl. The number of anilines is 4. The molecule has 0 radical (unpaired) electrons. The Kier molecular flexibility index (Phi) is 7.02. The number of ether oxygens (including phenoxy) is 1. The van der Waals surface area contributed by atoms with Crippen LogP contribution < -0.4 is 26.0 Å². The molecule has 0 saturated carbocycles. The van der Waals surface area contributed by atoms with Gasteiger partial charge in [0.25, 0.3) is 0 Å². The number of rotatable bonds is 6. The van der Waals surface area contributed by atoms with E-state index >= 15 is 0 Å². The zero-order chi connectivity index (χ0) is 28.3. The minimum atomic E-state index is -0.490. The maximum atomic E-state index is 12.4. The lowest BCUT2D eigenvalue weighted by Gasteiger charge is -2.06. The van der Waals surface area contributed by atoms with Crippen LogP contribution in [0, 0.1) is 0 Å². The summed E-state index contributed by atoms with van der Waals surface area (Å²) in [7, 11) is 0. The zero-order valence-electron chi connectivity index (χ0n) is 21.0. The van der Waals surface area contributed by atoms with Crippen LogP contribution in [0.4, 0.5) is 32.9 Å². The molecule has 11 nitrogen and oxygen atoms in total. The number of aromatic amines is 2. The van der Waals surface area contributed by atoms with Crippen molar-refractivity contribution >= 4 is 80.6 Å². The third-order valence-electron chi connectivity index (χ3n) is 5.85. The fourth-order valence-electron chi connectivity index (χ4n) is 4.00. The number of hydrogen-bond acceptors (Lipinski definition) is 5. The molecule has 0 aliphatic heterocycles. The van der Waals surface area contributed by atoms with Crippen molar-refractivity contribution in [2.75, 3.05) is 21.3 Å². The molecular weight excluding hydrogens is 567 g/mol. The van der Waals surface area contributed by atoms with Crippen molar-refractivity contribution in [3.8, 4) is 11.5 Å². The van der Waals surface area contributed by atoms with Gasteiger partial charge < -0.3 is 25.3 Å². The first-order valence-corrected chi connectivity index (χ1v) is 13.0. The highest BCUT2D eigenvalue weighted by molar-refractivity contribution is 6.34. The number of benzene rings is 4. The average molecular weight is 587 g/mol. The van der Waals surface area contributed by atoms with Crippen LogP contribution in [0.3, 0.4) is 0 Å². The monoisotopic (exact) mass is 586 g/mol. The number of nitrogens with one attached hydrogen (secondary N) is 6. The minimum absolute atomic E-state index is 0.262. The van der Waals surface area contributed by atoms with Crippen LogP contribution in [0.1, 0.15) is 0 Å². The summed E-state index contributed by atoms with van der Waals surface area (Å²) < 4.78 is 6.02. The number of amides is 4. The lowest BCUT2D eigenvalue weighted by molar-refractivity contribution is 0.261. The number of para-hydroxylation sites is 2. The van der Waals surface area contributed by atoms with E-state index in [1.165, 1.54) is 0 Å². The Labute approximate surface area is 242 Å². The van der Waals surface area contributed by atoms with Gasteiger partial charge in [0.15, 0.2) is 0 Å². The van der Waals surface area contributed by atoms with E-state index in [0.717, 1.165) is 0 Å². The third kappa shape index (κ3) is 6.01. The molecule has 4 aromatic carbocycles. The average Bonchev–Trinajstić information content (AvgIpc) is 3.53. The molecular formula is C28H20Cl2N8O3. The number of carbonyl (C=O) groups excluding carboxylic acids is 2. The van der Waals surface area contributed by atoms with Crippen LogP contribution in [0.5, 0.6) is 11.5 Å². The second kappa shape index (κ2) is 11.1. The summed E-state index contributed by atoms with van der Waals surface area (Å²) in [5.74, 6) is 1.59. The van der Waals surface area contributed by atoms with Gasteiger partial charge in [0.2, 0.25) is 11.9 Å². The molecule has 0 aliphatic rings. The van der Waals surface area contributed by atoms with Crippen LogP contribution in [0.15, 0.2) is 84.9 Å². The van der Waals surface area contributed by atoms with Crippen molar-refractivity contribution in [1.82, 2.24) is 19.9 Å². The van der Waals surface area contributed by atoms with Crippen LogP contribution >= 0.6 is 23.2 Å². The van der Waals surface area contributed by atoms with Gasteiger partial charge in [-0.1, -0.05) is 47.5 Å². The summed E-state index contributed by atoms with van der Waals surface area (Å²) >= 11 is 12.2. The number of urea groups is 2. The maximum Gasteiger partial charge on any atom is 0.326 e. The van der Waals surface area contributed by atoms with Gasteiger partial charge in [0.05, 0.1) is 43.5 Å². The van der Waals surface area contributed by atoms with Gasteiger partial charge in [0, 0.05) is 12.1 Å². The Bertz CT molecular complexity index is 1780. The molecule has 0 atom stereocenters. The fraction of sp³-hybridized carbons (Fsp3) is 0. The summed E-state index contributed by atoms with van der Waals surface area (Å²) in [6, 6.07) is 23.5. The normalized spacial score (nSPS) is 10.9. The molecule has 6 aromatic rings. The Morgan fingerprint density at radius 1 is 0.610 bits per heavy atom. The molecule has 2 aromatic heterocycles. The van der Waals surface area contributed by atoms with E-state index in [-0.39, 0.29) is 11.9 Å². The first-order valence-electron chi connectivity index (χ1n) is 12.2. The predicted molar refractivity (Wildman–Crippen MR) is 160 cm³/mol. The van der Waals surface area contributed by atoms with Crippen molar-refractivity contribution in [3.05, 3.63) is 95.0 Å². The van der Waals surface area contributed by atoms with E-state index in [4.69, 9.17) is 27.9 Å². The molecule has 0 saturated heterocycles. The Balaban J connectivity index is 1.11. The number of hydrogen-bond donors (Lipinski definition) is 6. The molecule has 6 rings (SSSR count). The van der Waals surface area contributed by atoms with E-state index in [9.17, 15) is 9.59 Å². The van der Waals surface area contributed by atoms with E-state index in [1.807, 2.05) is 0 Å². The molecule has 0 spiro atoms.